The van der Waals surface area contributed by atoms with E-state index in [0.717, 1.165) is 10.4 Å². The maximum absolute atomic E-state index is 13.7. The number of ether oxygens (including phenoxy) is 1. The fraction of sp³-hybridized carbons (Fsp3) is 0.345. The second kappa shape index (κ2) is 12.8. The Labute approximate surface area is 224 Å². The van der Waals surface area contributed by atoms with Crippen molar-refractivity contribution in [3.05, 3.63) is 83.3 Å². The maximum Gasteiger partial charge on any atom is 0.302 e. The van der Waals surface area contributed by atoms with Gasteiger partial charge in [-0.1, -0.05) is 60.9 Å². The van der Waals surface area contributed by atoms with Gasteiger partial charge >= 0.3 is 5.97 Å². The molecule has 0 bridgehead atoms. The number of rotatable bonds is 6. The first-order chi connectivity index (χ1) is 18.4. The average Bonchev–Trinajstić information content (AvgIpc) is 3.49. The van der Waals surface area contributed by atoms with Crippen molar-refractivity contribution >= 4 is 28.2 Å². The lowest BCUT2D eigenvalue weighted by atomic mass is 9.84. The Morgan fingerprint density at radius 3 is 2.32 bits per heavy atom. The fourth-order valence-corrected chi connectivity index (χ4v) is 5.53. The molecule has 1 amide bonds. The highest BCUT2D eigenvalue weighted by molar-refractivity contribution is 7.20. The highest BCUT2D eigenvalue weighted by atomic mass is 32.1. The number of carbonyl (C=O) groups excluding carboxylic acids is 2. The molecule has 0 saturated heterocycles. The predicted molar refractivity (Wildman–Crippen MR) is 144 cm³/mol. The van der Waals surface area contributed by atoms with Crippen LogP contribution in [-0.2, 0) is 16.1 Å². The van der Waals surface area contributed by atoms with Gasteiger partial charge in [0.15, 0.2) is 4.96 Å². The normalized spacial score (nSPS) is 13.6. The molecule has 2 aromatic carbocycles. The van der Waals surface area contributed by atoms with Crippen LogP contribution < -0.4 is 5.32 Å². The summed E-state index contributed by atoms with van der Waals surface area (Å²) in [5.41, 5.74) is 2.59. The molecule has 0 spiro atoms. The minimum Gasteiger partial charge on any atom is -0.466 e. The van der Waals surface area contributed by atoms with Crippen molar-refractivity contribution in [2.75, 3.05) is 6.61 Å². The summed E-state index contributed by atoms with van der Waals surface area (Å²) in [4.78, 5) is 28.4. The summed E-state index contributed by atoms with van der Waals surface area (Å²) in [5, 5.41) is 2.54. The van der Waals surface area contributed by atoms with Gasteiger partial charge < -0.3 is 10.1 Å². The number of imidazole rings is 1. The molecule has 9 heteroatoms. The topological polar surface area (TPSA) is 72.7 Å². The molecule has 1 aliphatic carbocycles. The van der Waals surface area contributed by atoms with Gasteiger partial charge in [-0.2, -0.15) is 0 Å². The molecule has 1 saturated carbocycles. The molecule has 0 unspecified atom stereocenters. The van der Waals surface area contributed by atoms with E-state index in [0.29, 0.717) is 17.5 Å². The van der Waals surface area contributed by atoms with Crippen LogP contribution in [0.5, 0.6) is 0 Å². The average molecular weight is 540 g/mol. The van der Waals surface area contributed by atoms with E-state index in [1.54, 1.807) is 13.1 Å². The van der Waals surface area contributed by atoms with Crippen molar-refractivity contribution < 1.29 is 23.1 Å². The zero-order valence-electron chi connectivity index (χ0n) is 21.5. The van der Waals surface area contributed by atoms with Crippen molar-refractivity contribution in [2.24, 2.45) is 0 Å². The number of benzene rings is 2. The van der Waals surface area contributed by atoms with E-state index in [9.17, 15) is 18.4 Å². The molecule has 2 heterocycles. The van der Waals surface area contributed by atoms with Crippen molar-refractivity contribution in [1.29, 1.82) is 0 Å². The maximum atomic E-state index is 13.7. The number of hydrogen-bond acceptors (Lipinski definition) is 5. The second-order valence-corrected chi connectivity index (χ2v) is 10.2. The minimum atomic E-state index is -0.685. The molecule has 0 aliphatic heterocycles. The Morgan fingerprint density at radius 1 is 1.05 bits per heavy atom. The Hall–Kier alpha value is -3.59. The molecular formula is C29H31F2N3O3S. The van der Waals surface area contributed by atoms with Gasteiger partial charge in [-0.3, -0.25) is 14.0 Å². The van der Waals surface area contributed by atoms with E-state index in [2.05, 4.69) is 39.3 Å². The number of carbonyl (C=O) groups is 2. The Balaban J connectivity index is 0.000000505. The monoisotopic (exact) mass is 539 g/mol. The Kier molecular flexibility index (Phi) is 9.23. The lowest BCUT2D eigenvalue weighted by molar-refractivity contribution is -0.140. The zero-order valence-corrected chi connectivity index (χ0v) is 22.3. The molecule has 0 radical (unpaired) electrons. The van der Waals surface area contributed by atoms with E-state index in [-0.39, 0.29) is 23.8 Å². The van der Waals surface area contributed by atoms with Crippen molar-refractivity contribution in [3.63, 3.8) is 0 Å². The summed E-state index contributed by atoms with van der Waals surface area (Å²) in [6.07, 6.45) is 10.1. The first-order valence-electron chi connectivity index (χ1n) is 12.8. The molecule has 4 aromatic rings. The highest BCUT2D eigenvalue weighted by Crippen LogP contribution is 2.35. The van der Waals surface area contributed by atoms with E-state index < -0.39 is 17.5 Å². The van der Waals surface area contributed by atoms with Gasteiger partial charge in [0, 0.05) is 31.4 Å². The van der Waals surface area contributed by atoms with Gasteiger partial charge in [0.25, 0.3) is 5.91 Å². The molecule has 5 rings (SSSR count). The Bertz CT molecular complexity index is 1340. The van der Waals surface area contributed by atoms with Crippen LogP contribution in [0.15, 0.2) is 54.9 Å². The highest BCUT2D eigenvalue weighted by Gasteiger charge is 2.17. The van der Waals surface area contributed by atoms with Crippen LogP contribution in [0.4, 0.5) is 8.78 Å². The number of nitrogens with zero attached hydrogens (tertiary/aromatic N) is 2. The molecule has 6 nitrogen and oxygen atoms in total. The molecule has 200 valence electrons. The van der Waals surface area contributed by atoms with Gasteiger partial charge in [0.2, 0.25) is 0 Å². The smallest absolute Gasteiger partial charge is 0.302 e. The number of aromatic nitrogens is 2. The Morgan fingerprint density at radius 2 is 1.74 bits per heavy atom. The summed E-state index contributed by atoms with van der Waals surface area (Å²) in [7, 11) is 0. The number of halogens is 2. The van der Waals surface area contributed by atoms with Crippen molar-refractivity contribution in [1.82, 2.24) is 14.7 Å². The summed E-state index contributed by atoms with van der Waals surface area (Å²) in [6, 6.07) is 12.4. The number of hydrogen-bond donors (Lipinski definition) is 1. The van der Waals surface area contributed by atoms with Gasteiger partial charge in [-0.25, -0.2) is 13.8 Å². The van der Waals surface area contributed by atoms with Crippen LogP contribution in [0.1, 0.15) is 73.5 Å². The first-order valence-corrected chi connectivity index (χ1v) is 13.6. The van der Waals surface area contributed by atoms with Crippen LogP contribution in [0, 0.1) is 11.6 Å². The van der Waals surface area contributed by atoms with Crippen LogP contribution in [0.2, 0.25) is 0 Å². The largest absolute Gasteiger partial charge is 0.466 e. The molecule has 1 N–H and O–H groups in total. The number of fused-ring (bicyclic) bond motifs is 1. The van der Waals surface area contributed by atoms with E-state index in [1.807, 2.05) is 10.6 Å². The summed E-state index contributed by atoms with van der Waals surface area (Å²) in [5.74, 6) is -1.37. The van der Waals surface area contributed by atoms with E-state index in [4.69, 9.17) is 0 Å². The molecule has 0 atom stereocenters. The second-order valence-electron chi connectivity index (χ2n) is 9.18. The number of nitrogens with one attached hydrogen (secondary N) is 1. The fourth-order valence-electron chi connectivity index (χ4n) is 4.56. The van der Waals surface area contributed by atoms with Crippen LogP contribution in [0.3, 0.4) is 0 Å². The lowest BCUT2D eigenvalue weighted by Crippen LogP contribution is -2.24. The first kappa shape index (κ1) is 27.4. The third kappa shape index (κ3) is 6.83. The van der Waals surface area contributed by atoms with Gasteiger partial charge in [0.05, 0.1) is 11.5 Å². The van der Waals surface area contributed by atoms with Gasteiger partial charge in [0.1, 0.15) is 17.3 Å². The lowest BCUT2D eigenvalue weighted by Gasteiger charge is -2.22. The summed E-state index contributed by atoms with van der Waals surface area (Å²) in [6.45, 7) is 3.42. The summed E-state index contributed by atoms with van der Waals surface area (Å²) >= 11 is 1.50. The van der Waals surface area contributed by atoms with Gasteiger partial charge in [-0.05, 0) is 48.9 Å². The molecule has 1 aliphatic rings. The third-order valence-electron chi connectivity index (χ3n) is 6.50. The molecule has 38 heavy (non-hydrogen) atoms. The number of esters is 1. The number of amides is 1. The minimum absolute atomic E-state index is 0.166. The number of thiazole rings is 1. The summed E-state index contributed by atoms with van der Waals surface area (Å²) < 4.78 is 33.7. The van der Waals surface area contributed by atoms with Crippen molar-refractivity contribution in [3.8, 4) is 10.4 Å². The third-order valence-corrected chi connectivity index (χ3v) is 7.54. The quantitative estimate of drug-likeness (QED) is 0.271. The zero-order chi connectivity index (χ0) is 27.1. The SMILES string of the molecule is CCOC(C)=O.O=C(NCc1c(F)cccc1F)c1cn2cc(-c3ccc(C4CCCCC4)cc3)sc2n1. The van der Waals surface area contributed by atoms with E-state index >= 15 is 0 Å². The standard InChI is InChI=1S/C25H23F2N3OS.C4H8O2/c26-20-7-4-8-21(27)19(20)13-28-24(31)22-14-30-15-23(32-25(30)29-22)18-11-9-17(10-12-18)16-5-2-1-3-6-16;1-3-6-4(2)5/h4,7-12,14-16H,1-3,5-6,13H2,(H,28,31);3H2,1-2H3. The molecular weight excluding hydrogens is 508 g/mol. The van der Waals surface area contributed by atoms with E-state index in [1.165, 1.54) is 74.1 Å². The molecule has 2 aromatic heterocycles. The van der Waals surface area contributed by atoms with Crippen LogP contribution in [-0.4, -0.2) is 27.9 Å². The molecule has 1 fully saturated rings. The van der Waals surface area contributed by atoms with Crippen LogP contribution in [0.25, 0.3) is 15.4 Å². The van der Waals surface area contributed by atoms with Crippen molar-refractivity contribution in [2.45, 2.75) is 58.4 Å². The van der Waals surface area contributed by atoms with Crippen LogP contribution >= 0.6 is 11.3 Å². The predicted octanol–water partition coefficient (Wildman–Crippen LogP) is 6.89. The van der Waals surface area contributed by atoms with Gasteiger partial charge in [-0.15, -0.1) is 0 Å².